The third-order valence-electron chi connectivity index (χ3n) is 9.50. The van der Waals surface area contributed by atoms with Crippen molar-refractivity contribution in [2.45, 2.75) is 0 Å². The van der Waals surface area contributed by atoms with E-state index in [4.69, 9.17) is 0 Å². The Morgan fingerprint density at radius 2 is 0.585 bits per heavy atom. The molecule has 0 saturated carbocycles. The van der Waals surface area contributed by atoms with Gasteiger partial charge in [0.15, 0.2) is 0 Å². The molecule has 0 spiro atoms. The molecule has 53 heavy (non-hydrogen) atoms. The van der Waals surface area contributed by atoms with Crippen LogP contribution in [0.15, 0.2) is 218 Å². The highest BCUT2D eigenvalue weighted by molar-refractivity contribution is 5.91. The fraction of sp³-hybridized carbons (Fsp3) is 0. The first-order valence-electron chi connectivity index (χ1n) is 18.1. The molecule has 1 nitrogen and oxygen atoms in total. The maximum Gasteiger partial charge on any atom is 0.0462 e. The van der Waals surface area contributed by atoms with E-state index in [1.165, 1.54) is 50.1 Å². The molecule has 0 heterocycles. The van der Waals surface area contributed by atoms with E-state index in [1.54, 1.807) is 0 Å². The fourth-order valence-electron chi connectivity index (χ4n) is 6.68. The number of hydrogen-bond acceptors (Lipinski definition) is 1. The van der Waals surface area contributed by atoms with Crippen molar-refractivity contribution < 1.29 is 0 Å². The molecule has 0 aliphatic rings. The molecule has 0 aromatic heterocycles. The zero-order chi connectivity index (χ0) is 35.7. The number of nitrogens with zero attached hydrogens (tertiary/aromatic N) is 1. The Labute approximate surface area is 313 Å². The van der Waals surface area contributed by atoms with Gasteiger partial charge in [-0.25, -0.2) is 0 Å². The lowest BCUT2D eigenvalue weighted by atomic mass is 9.95. The number of benzene rings is 8. The Kier molecular flexibility index (Phi) is 9.98. The lowest BCUT2D eigenvalue weighted by Gasteiger charge is -2.25. The van der Waals surface area contributed by atoms with Crippen molar-refractivity contribution in [3.63, 3.8) is 0 Å². The van der Waals surface area contributed by atoms with Crippen LogP contribution >= 0.6 is 0 Å². The van der Waals surface area contributed by atoms with Gasteiger partial charge < -0.3 is 4.90 Å². The molecule has 0 atom stereocenters. The molecule has 0 amide bonds. The molecular formula is C52H39N. The Bertz CT molecular complexity index is 2330. The minimum absolute atomic E-state index is 1.13. The average Bonchev–Trinajstić information content (AvgIpc) is 3.24. The van der Waals surface area contributed by atoms with Crippen LogP contribution < -0.4 is 4.90 Å². The Balaban J connectivity index is 0.935. The van der Waals surface area contributed by atoms with Gasteiger partial charge in [-0.2, -0.15) is 0 Å². The first-order valence-corrected chi connectivity index (χ1v) is 18.1. The molecule has 8 aromatic rings. The number of para-hydroxylation sites is 2. The van der Waals surface area contributed by atoms with Gasteiger partial charge in [0.2, 0.25) is 0 Å². The van der Waals surface area contributed by atoms with Crippen LogP contribution in [0.4, 0.5) is 17.1 Å². The van der Waals surface area contributed by atoms with E-state index >= 15 is 0 Å². The largest absolute Gasteiger partial charge is 0.311 e. The standard InChI is InChI=1S/C52H39N/c1-5-13-47(14-6-1)52(48-15-7-2-8-16-48)39-42-25-31-44(32-26-42)46-35-33-45(34-36-46)43-29-23-40(24-30-43)21-22-41-27-37-51(38-28-41)53(49-17-9-3-10-18-49)50-19-11-4-12-20-50/h1-39H/b22-21+. The van der Waals surface area contributed by atoms with Gasteiger partial charge in [-0.05, 0) is 98.1 Å². The molecule has 8 aromatic carbocycles. The van der Waals surface area contributed by atoms with Crippen molar-refractivity contribution in [3.8, 4) is 22.3 Å². The minimum atomic E-state index is 1.13. The van der Waals surface area contributed by atoms with Crippen molar-refractivity contribution in [3.05, 3.63) is 246 Å². The van der Waals surface area contributed by atoms with Crippen LogP contribution in [-0.4, -0.2) is 0 Å². The Morgan fingerprint density at radius 3 is 0.981 bits per heavy atom. The molecule has 0 unspecified atom stereocenters. The second-order valence-corrected chi connectivity index (χ2v) is 13.0. The first-order chi connectivity index (χ1) is 26.3. The summed E-state index contributed by atoms with van der Waals surface area (Å²) in [5, 5.41) is 0. The molecule has 0 aliphatic heterocycles. The van der Waals surface area contributed by atoms with Crippen LogP contribution in [0.3, 0.4) is 0 Å². The first kappa shape index (κ1) is 33.2. The van der Waals surface area contributed by atoms with Crippen LogP contribution in [0.2, 0.25) is 0 Å². The molecule has 0 fully saturated rings. The monoisotopic (exact) mass is 677 g/mol. The molecule has 0 radical (unpaired) electrons. The molecule has 0 saturated heterocycles. The van der Waals surface area contributed by atoms with E-state index in [1.807, 2.05) is 0 Å². The summed E-state index contributed by atoms with van der Waals surface area (Å²) >= 11 is 0. The van der Waals surface area contributed by atoms with E-state index in [2.05, 4.69) is 242 Å². The second-order valence-electron chi connectivity index (χ2n) is 13.0. The third-order valence-corrected chi connectivity index (χ3v) is 9.50. The highest BCUT2D eigenvalue weighted by Crippen LogP contribution is 2.34. The van der Waals surface area contributed by atoms with Gasteiger partial charge in [0, 0.05) is 17.1 Å². The van der Waals surface area contributed by atoms with Crippen LogP contribution in [0.1, 0.15) is 27.8 Å². The summed E-state index contributed by atoms with van der Waals surface area (Å²) in [6, 6.07) is 77.4. The summed E-state index contributed by atoms with van der Waals surface area (Å²) in [5.41, 5.74) is 15.4. The smallest absolute Gasteiger partial charge is 0.0462 e. The zero-order valence-electron chi connectivity index (χ0n) is 29.5. The van der Waals surface area contributed by atoms with E-state index in [-0.39, 0.29) is 0 Å². The molecule has 0 bridgehead atoms. The molecule has 252 valence electrons. The van der Waals surface area contributed by atoms with Gasteiger partial charge in [0.25, 0.3) is 0 Å². The maximum atomic E-state index is 2.28. The molecule has 1 heteroatoms. The predicted molar refractivity (Wildman–Crippen MR) is 227 cm³/mol. The number of anilines is 3. The van der Waals surface area contributed by atoms with Crippen molar-refractivity contribution in [1.82, 2.24) is 0 Å². The number of hydrogen-bond donors (Lipinski definition) is 0. The summed E-state index contributed by atoms with van der Waals surface area (Å²) in [6.45, 7) is 0. The molecule has 0 aliphatic carbocycles. The van der Waals surface area contributed by atoms with Gasteiger partial charge in [-0.3, -0.25) is 0 Å². The SMILES string of the molecule is C(=C(c1ccccc1)c1ccccc1)c1ccc(-c2ccc(-c3ccc(/C=C/c4ccc(N(c5ccccc5)c5ccccc5)cc4)cc3)cc2)cc1. The Hall–Kier alpha value is -6.96. The summed E-state index contributed by atoms with van der Waals surface area (Å²) in [6.07, 6.45) is 6.63. The molecule has 0 N–H and O–H groups in total. The van der Waals surface area contributed by atoms with Crippen LogP contribution in [0.5, 0.6) is 0 Å². The van der Waals surface area contributed by atoms with Crippen molar-refractivity contribution in [1.29, 1.82) is 0 Å². The Morgan fingerprint density at radius 1 is 0.283 bits per heavy atom. The van der Waals surface area contributed by atoms with Crippen LogP contribution in [0, 0.1) is 0 Å². The lowest BCUT2D eigenvalue weighted by molar-refractivity contribution is 1.28. The van der Waals surface area contributed by atoms with Gasteiger partial charge in [0.05, 0.1) is 0 Å². The van der Waals surface area contributed by atoms with Gasteiger partial charge in [0.1, 0.15) is 0 Å². The van der Waals surface area contributed by atoms with Gasteiger partial charge in [-0.1, -0.05) is 194 Å². The van der Waals surface area contributed by atoms with E-state index in [0.29, 0.717) is 0 Å². The highest BCUT2D eigenvalue weighted by Gasteiger charge is 2.11. The van der Waals surface area contributed by atoms with Crippen molar-refractivity contribution in [2.24, 2.45) is 0 Å². The molecular weight excluding hydrogens is 639 g/mol. The highest BCUT2D eigenvalue weighted by atomic mass is 15.1. The minimum Gasteiger partial charge on any atom is -0.311 e. The summed E-state index contributed by atoms with van der Waals surface area (Å²) in [4.78, 5) is 2.28. The summed E-state index contributed by atoms with van der Waals surface area (Å²) in [7, 11) is 0. The van der Waals surface area contributed by atoms with Crippen LogP contribution in [0.25, 0.3) is 46.1 Å². The lowest BCUT2D eigenvalue weighted by Crippen LogP contribution is -2.09. The van der Waals surface area contributed by atoms with E-state index < -0.39 is 0 Å². The predicted octanol–water partition coefficient (Wildman–Crippen LogP) is 14.2. The summed E-state index contributed by atoms with van der Waals surface area (Å²) in [5.74, 6) is 0. The summed E-state index contributed by atoms with van der Waals surface area (Å²) < 4.78 is 0. The van der Waals surface area contributed by atoms with Gasteiger partial charge >= 0.3 is 0 Å². The normalized spacial score (nSPS) is 10.9. The zero-order valence-corrected chi connectivity index (χ0v) is 29.5. The van der Waals surface area contributed by atoms with E-state index in [0.717, 1.165) is 22.6 Å². The molecule has 8 rings (SSSR count). The second kappa shape index (κ2) is 15.9. The van der Waals surface area contributed by atoms with Crippen molar-refractivity contribution >= 4 is 40.9 Å². The van der Waals surface area contributed by atoms with E-state index in [9.17, 15) is 0 Å². The maximum absolute atomic E-state index is 2.28. The van der Waals surface area contributed by atoms with Crippen LogP contribution in [-0.2, 0) is 0 Å². The fourth-order valence-corrected chi connectivity index (χ4v) is 6.68. The third kappa shape index (κ3) is 8.01. The topological polar surface area (TPSA) is 3.24 Å². The van der Waals surface area contributed by atoms with Crippen molar-refractivity contribution in [2.75, 3.05) is 4.90 Å². The average molecular weight is 678 g/mol. The van der Waals surface area contributed by atoms with Gasteiger partial charge in [-0.15, -0.1) is 0 Å². The quantitative estimate of drug-likeness (QED) is 0.130. The number of rotatable bonds is 10.